The van der Waals surface area contributed by atoms with Gasteiger partial charge in [0.25, 0.3) is 0 Å². The van der Waals surface area contributed by atoms with Gasteiger partial charge in [-0.05, 0) is 93.5 Å². The van der Waals surface area contributed by atoms with Crippen LogP contribution in [0.2, 0.25) is 0 Å². The van der Waals surface area contributed by atoms with E-state index in [2.05, 4.69) is 72.0 Å². The number of ketones is 1. The number of aliphatic hydroxyl groups is 2. The van der Waals surface area contributed by atoms with Gasteiger partial charge in [-0.2, -0.15) is 12.6 Å². The third-order valence-corrected chi connectivity index (χ3v) is 15.3. The number of amides is 4. The Bertz CT molecular complexity index is 2330. The van der Waals surface area contributed by atoms with Gasteiger partial charge in [0.1, 0.15) is 18.7 Å². The fourth-order valence-electron chi connectivity index (χ4n) is 11.6. The van der Waals surface area contributed by atoms with Crippen LogP contribution in [0.4, 0.5) is 5.69 Å². The van der Waals surface area contributed by atoms with E-state index in [1.165, 1.54) is 25.0 Å². The third kappa shape index (κ3) is 9.39. The number of carboxylic acid groups (broad SMARTS) is 1. The van der Waals surface area contributed by atoms with E-state index >= 15 is 0 Å². The number of aliphatic carboxylic acids is 1. The molecule has 66 heavy (non-hydrogen) atoms. The minimum Gasteiger partial charge on any atom is -0.481 e. The lowest BCUT2D eigenvalue weighted by Gasteiger charge is -2.59. The third-order valence-electron chi connectivity index (χ3n) is 14.9. The average molecular weight is 927 g/mol. The van der Waals surface area contributed by atoms with Crippen molar-refractivity contribution in [2.75, 3.05) is 18.5 Å². The molecule has 2 aromatic rings. The molecule has 3 unspecified atom stereocenters. The lowest BCUT2D eigenvalue weighted by molar-refractivity contribution is -0.201. The molecule has 0 aromatic heterocycles. The molecule has 2 aromatic carbocycles. The summed E-state index contributed by atoms with van der Waals surface area (Å²) in [7, 11) is 0. The smallest absolute Gasteiger partial charge is 0.304 e. The molecule has 0 spiro atoms. The molecule has 1 heterocycles. The lowest BCUT2D eigenvalue weighted by atomic mass is 9.46. The number of benzene rings is 2. The fraction of sp³-hybridized carbons (Fsp3) is 0.520. The van der Waals surface area contributed by atoms with Gasteiger partial charge < -0.3 is 46.1 Å². The van der Waals surface area contributed by atoms with Crippen LogP contribution in [0.15, 0.2) is 84.0 Å². The van der Waals surface area contributed by atoms with Gasteiger partial charge in [-0.15, -0.1) is 0 Å². The maximum absolute atomic E-state index is 14.0. The first-order chi connectivity index (χ1) is 31.3. The number of hydrogen-bond acceptors (Lipinski definition) is 11. The number of carbonyl (C=O) groups is 6. The molecular formula is C50H62N4O11S. The second-order valence-electron chi connectivity index (χ2n) is 19.0. The van der Waals surface area contributed by atoms with Gasteiger partial charge in [0.15, 0.2) is 17.7 Å². The molecule has 4 aliphatic carbocycles. The molecule has 15 nitrogen and oxygen atoms in total. The number of allylic oxidation sites excluding steroid dienone is 6. The summed E-state index contributed by atoms with van der Waals surface area (Å²) < 4.78 is 13.5. The Balaban J connectivity index is 0.930. The molecular weight excluding hydrogens is 865 g/mol. The monoisotopic (exact) mass is 926 g/mol. The van der Waals surface area contributed by atoms with E-state index < -0.39 is 95.3 Å². The number of Topliss-reactive ketones (excluding diaryl/α,β-unsaturated/α-hetero) is 1. The number of carboxylic acids is 1. The van der Waals surface area contributed by atoms with E-state index in [0.29, 0.717) is 24.9 Å². The molecule has 7 N–H and O–H groups in total. The Labute approximate surface area is 390 Å². The van der Waals surface area contributed by atoms with E-state index in [1.54, 1.807) is 6.07 Å². The van der Waals surface area contributed by atoms with Crippen molar-refractivity contribution in [2.24, 2.45) is 28.6 Å². The van der Waals surface area contributed by atoms with Crippen LogP contribution < -0.4 is 21.3 Å². The predicted molar refractivity (Wildman–Crippen MR) is 248 cm³/mol. The highest BCUT2D eigenvalue weighted by Crippen LogP contribution is 2.70. The van der Waals surface area contributed by atoms with Gasteiger partial charge >= 0.3 is 5.97 Å². The fourth-order valence-corrected chi connectivity index (χ4v) is 11.8. The maximum Gasteiger partial charge on any atom is 0.304 e. The van der Waals surface area contributed by atoms with Gasteiger partial charge in [-0.3, -0.25) is 28.8 Å². The Morgan fingerprint density at radius 2 is 1.70 bits per heavy atom. The van der Waals surface area contributed by atoms with Crippen LogP contribution in [0.1, 0.15) is 96.1 Å². The second-order valence-corrected chi connectivity index (χ2v) is 19.6. The van der Waals surface area contributed by atoms with Crippen LogP contribution in [0.25, 0.3) is 0 Å². The van der Waals surface area contributed by atoms with Crippen molar-refractivity contribution in [3.63, 3.8) is 0 Å². The zero-order chi connectivity index (χ0) is 47.7. The SMILES string of the molecule is C/C=C1\C=C[C@@]2(C)C(=C1)CC[C@@H]1C2[C@@H](O)C[C@@]2(C)C1C[C@H]1O[C@@H](c3ccc(Cc4cccc(NC(=O)[C@H](C)NC(=O)[C@H](C)NC(=O)CCNC(=O)C(S)CC(=O)O)c4)cc3)O[C@]12C(=O)CO. The normalized spacial score (nSPS) is 31.5. The average Bonchev–Trinajstić information content (AvgIpc) is 3.78. The first-order valence-electron chi connectivity index (χ1n) is 22.8. The van der Waals surface area contributed by atoms with Crippen LogP contribution in [0.5, 0.6) is 0 Å². The minimum atomic E-state index is -1.41. The molecule has 0 radical (unpaired) electrons. The van der Waals surface area contributed by atoms with Crippen molar-refractivity contribution >= 4 is 53.7 Å². The van der Waals surface area contributed by atoms with Gasteiger partial charge in [-0.25, -0.2) is 0 Å². The summed E-state index contributed by atoms with van der Waals surface area (Å²) in [5.74, 6) is -3.62. The molecule has 1 aliphatic heterocycles. The van der Waals surface area contributed by atoms with Crippen LogP contribution in [-0.4, -0.2) is 99.0 Å². The number of rotatable bonds is 16. The first kappa shape index (κ1) is 48.8. The number of nitrogens with one attached hydrogen (secondary N) is 4. The summed E-state index contributed by atoms with van der Waals surface area (Å²) in [6.45, 7) is 8.54. The van der Waals surface area contributed by atoms with E-state index in [1.807, 2.05) is 49.4 Å². The molecule has 12 atom stereocenters. The number of thiol groups is 1. The summed E-state index contributed by atoms with van der Waals surface area (Å²) in [5.41, 5.74) is 3.19. The van der Waals surface area contributed by atoms with Crippen molar-refractivity contribution in [2.45, 2.75) is 121 Å². The summed E-state index contributed by atoms with van der Waals surface area (Å²) >= 11 is 3.93. The zero-order valence-corrected chi connectivity index (χ0v) is 38.9. The van der Waals surface area contributed by atoms with Crippen LogP contribution >= 0.6 is 12.6 Å². The first-order valence-corrected chi connectivity index (χ1v) is 23.3. The van der Waals surface area contributed by atoms with Gasteiger partial charge in [0, 0.05) is 41.0 Å². The molecule has 4 fully saturated rings. The summed E-state index contributed by atoms with van der Waals surface area (Å²) in [6, 6.07) is 13.1. The number of ether oxygens (including phenoxy) is 2. The van der Waals surface area contributed by atoms with Crippen molar-refractivity contribution in [3.05, 3.63) is 101 Å². The quantitative estimate of drug-likeness (QED) is 0.110. The highest BCUT2D eigenvalue weighted by Gasteiger charge is 2.75. The number of anilines is 1. The van der Waals surface area contributed by atoms with Crippen LogP contribution in [0.3, 0.4) is 0 Å². The Hall–Kier alpha value is -5.13. The number of hydrogen-bond donors (Lipinski definition) is 8. The predicted octanol–water partition coefficient (Wildman–Crippen LogP) is 4.48. The number of carbonyl (C=O) groups excluding carboxylic acids is 5. The zero-order valence-electron chi connectivity index (χ0n) is 38.0. The standard InChI is InChI=1S/C50H62N4O11S/c1-6-29-16-18-48(4)33(21-29)14-15-35-36-23-40-50(39(57)26-55,49(36,5)25-37(56)43(35)48)65-47(64-40)32-12-10-30(11-13-32)20-31-8-7-9-34(22-31)54-45(62)28(3)53-44(61)27(2)52-41(58)17-19-51-46(63)38(66)24-42(59)60/h6-13,16,18,21-22,27-28,35-38,40,43,47,55-56,66H,14-15,17,19-20,23-26H2,1-5H3,(H,51,63)(H,52,58)(H,53,61)(H,54,62)(H,59,60)/b29-6+/t27-,28-,35-,36?,37-,38?,40+,43?,47+,48-,49-,50+/m0/s1. The summed E-state index contributed by atoms with van der Waals surface area (Å²) in [5, 5.41) is 40.6. The molecule has 3 saturated carbocycles. The second kappa shape index (κ2) is 19.6. The molecule has 0 bridgehead atoms. The van der Waals surface area contributed by atoms with E-state index in [0.717, 1.165) is 29.5 Å². The molecule has 7 rings (SSSR count). The molecule has 5 aliphatic rings. The molecule has 354 valence electrons. The van der Waals surface area contributed by atoms with E-state index in [-0.39, 0.29) is 36.1 Å². The molecule has 1 saturated heterocycles. The van der Waals surface area contributed by atoms with Crippen LogP contribution in [-0.2, 0) is 44.7 Å². The lowest BCUT2D eigenvalue weighted by Crippen LogP contribution is -2.63. The minimum absolute atomic E-state index is 0.0104. The van der Waals surface area contributed by atoms with Crippen molar-refractivity contribution in [1.82, 2.24) is 16.0 Å². The maximum atomic E-state index is 14.0. The summed E-state index contributed by atoms with van der Waals surface area (Å²) in [6.07, 6.45) is 9.35. The highest BCUT2D eigenvalue weighted by atomic mass is 32.1. The Kier molecular flexibility index (Phi) is 14.5. The largest absolute Gasteiger partial charge is 0.481 e. The number of fused-ring (bicyclic) bond motifs is 7. The van der Waals surface area contributed by atoms with Gasteiger partial charge in [-0.1, -0.05) is 80.1 Å². The molecule has 4 amide bonds. The number of aliphatic hydroxyl groups excluding tert-OH is 2. The van der Waals surface area contributed by atoms with Crippen LogP contribution in [0, 0.1) is 28.6 Å². The highest BCUT2D eigenvalue weighted by molar-refractivity contribution is 7.81. The summed E-state index contributed by atoms with van der Waals surface area (Å²) in [4.78, 5) is 74.9. The van der Waals surface area contributed by atoms with Crippen molar-refractivity contribution in [1.29, 1.82) is 0 Å². The topological polar surface area (TPSA) is 230 Å². The van der Waals surface area contributed by atoms with Gasteiger partial charge in [0.2, 0.25) is 23.6 Å². The molecule has 16 heteroatoms. The Morgan fingerprint density at radius 3 is 2.39 bits per heavy atom. The van der Waals surface area contributed by atoms with Crippen molar-refractivity contribution < 1.29 is 53.6 Å². The van der Waals surface area contributed by atoms with E-state index in [9.17, 15) is 39.0 Å². The van der Waals surface area contributed by atoms with Gasteiger partial charge in [0.05, 0.1) is 23.9 Å². The Morgan fingerprint density at radius 1 is 0.970 bits per heavy atom. The van der Waals surface area contributed by atoms with Crippen molar-refractivity contribution in [3.8, 4) is 0 Å². The van der Waals surface area contributed by atoms with E-state index in [4.69, 9.17) is 14.6 Å².